The monoisotopic (exact) mass is 324 g/mol. The van der Waals surface area contributed by atoms with Crippen LogP contribution in [0.25, 0.3) is 11.0 Å². The van der Waals surface area contributed by atoms with Gasteiger partial charge in [-0.25, -0.2) is 4.99 Å². The number of para-hydroxylation sites is 1. The number of nitrogens with two attached hydrogens (primary N) is 1. The lowest BCUT2D eigenvalue weighted by Crippen LogP contribution is -2.21. The fraction of sp³-hybridized carbons (Fsp3) is 0.111. The summed E-state index contributed by atoms with van der Waals surface area (Å²) in [5.41, 5.74) is 7.38. The van der Waals surface area contributed by atoms with Crippen molar-refractivity contribution in [3.8, 4) is 11.5 Å². The van der Waals surface area contributed by atoms with Gasteiger partial charge in [0.2, 0.25) is 5.55 Å². The zero-order chi connectivity index (χ0) is 17.3. The van der Waals surface area contributed by atoms with Crippen LogP contribution < -0.4 is 16.0 Å². The molecule has 0 fully saturated rings. The number of ether oxygens (including phenoxy) is 1. The molecule has 0 spiro atoms. The predicted molar refractivity (Wildman–Crippen MR) is 89.4 cm³/mol. The third kappa shape index (κ3) is 2.81. The van der Waals surface area contributed by atoms with E-state index in [2.05, 4.69) is 4.99 Å². The number of hydrogen-bond donors (Lipinski definition) is 2. The molecule has 0 atom stereocenters. The SMILES string of the molecule is COc1cccc2cc(C(N)=O)c(=Nc3ccc(O)c(C)c3)oc12. The van der Waals surface area contributed by atoms with Crippen molar-refractivity contribution in [1.29, 1.82) is 0 Å². The Bertz CT molecular complexity index is 1010. The van der Waals surface area contributed by atoms with Crippen LogP contribution in [0.2, 0.25) is 0 Å². The lowest BCUT2D eigenvalue weighted by molar-refractivity contribution is 0.0996. The highest BCUT2D eigenvalue weighted by molar-refractivity contribution is 5.96. The van der Waals surface area contributed by atoms with E-state index in [0.29, 0.717) is 28.0 Å². The zero-order valence-electron chi connectivity index (χ0n) is 13.2. The van der Waals surface area contributed by atoms with E-state index >= 15 is 0 Å². The van der Waals surface area contributed by atoms with Crippen molar-refractivity contribution in [3.63, 3.8) is 0 Å². The minimum absolute atomic E-state index is 0.0876. The van der Waals surface area contributed by atoms with E-state index in [1.165, 1.54) is 13.2 Å². The Balaban J connectivity index is 2.31. The van der Waals surface area contributed by atoms with Crippen LogP contribution in [0.1, 0.15) is 15.9 Å². The van der Waals surface area contributed by atoms with Gasteiger partial charge in [-0.3, -0.25) is 4.79 Å². The molecule has 1 heterocycles. The highest BCUT2D eigenvalue weighted by Gasteiger charge is 2.12. The Kier molecular flexibility index (Phi) is 3.95. The van der Waals surface area contributed by atoms with Gasteiger partial charge in [0.25, 0.3) is 5.91 Å². The number of amides is 1. The van der Waals surface area contributed by atoms with E-state index in [4.69, 9.17) is 14.9 Å². The Morgan fingerprint density at radius 2 is 2.04 bits per heavy atom. The van der Waals surface area contributed by atoms with Gasteiger partial charge in [0, 0.05) is 5.39 Å². The lowest BCUT2D eigenvalue weighted by atomic mass is 10.1. The molecule has 0 aliphatic rings. The van der Waals surface area contributed by atoms with Gasteiger partial charge in [-0.15, -0.1) is 0 Å². The smallest absolute Gasteiger partial charge is 0.254 e. The van der Waals surface area contributed by atoms with E-state index in [-0.39, 0.29) is 16.9 Å². The normalized spacial score (nSPS) is 11.7. The third-order valence-electron chi connectivity index (χ3n) is 3.63. The molecule has 3 N–H and O–H groups in total. The number of carbonyl (C=O) groups is 1. The molecule has 0 saturated heterocycles. The fourth-order valence-corrected chi connectivity index (χ4v) is 2.37. The van der Waals surface area contributed by atoms with E-state index < -0.39 is 5.91 Å². The summed E-state index contributed by atoms with van der Waals surface area (Å²) in [7, 11) is 1.53. The van der Waals surface area contributed by atoms with E-state index in [1.54, 1.807) is 43.3 Å². The predicted octanol–water partition coefficient (Wildman–Crippen LogP) is 2.79. The molecule has 6 nitrogen and oxygen atoms in total. The number of phenols is 1. The number of aryl methyl sites for hydroxylation is 1. The quantitative estimate of drug-likeness (QED) is 0.774. The van der Waals surface area contributed by atoms with Gasteiger partial charge in [-0.2, -0.15) is 0 Å². The van der Waals surface area contributed by atoms with Crippen LogP contribution in [0.3, 0.4) is 0 Å². The number of nitrogens with zero attached hydrogens (tertiary/aromatic N) is 1. The summed E-state index contributed by atoms with van der Waals surface area (Å²) in [5.74, 6) is 0.0563. The molecule has 1 amide bonds. The standard InChI is InChI=1S/C18H16N2O4/c1-10-8-12(6-7-14(10)21)20-18-13(17(19)22)9-11-4-3-5-15(23-2)16(11)24-18/h3-9,21H,1-2H3,(H2,19,22). The summed E-state index contributed by atoms with van der Waals surface area (Å²) >= 11 is 0. The first-order valence-corrected chi connectivity index (χ1v) is 7.24. The van der Waals surface area contributed by atoms with Gasteiger partial charge in [0.15, 0.2) is 11.3 Å². The molecule has 3 rings (SSSR count). The number of phenolic OH excluding ortho intramolecular Hbond substituents is 1. The Morgan fingerprint density at radius 1 is 1.25 bits per heavy atom. The van der Waals surface area contributed by atoms with Gasteiger partial charge in [-0.1, -0.05) is 12.1 Å². The maximum atomic E-state index is 11.8. The van der Waals surface area contributed by atoms with Gasteiger partial charge >= 0.3 is 0 Å². The van der Waals surface area contributed by atoms with Gasteiger partial charge in [0.1, 0.15) is 11.3 Å². The Morgan fingerprint density at radius 3 is 2.71 bits per heavy atom. The number of benzene rings is 2. The molecule has 1 aromatic heterocycles. The summed E-state index contributed by atoms with van der Waals surface area (Å²) in [6, 6.07) is 11.8. The lowest BCUT2D eigenvalue weighted by Gasteiger charge is -2.06. The molecular formula is C18H16N2O4. The number of methoxy groups -OCH3 is 1. The topological polar surface area (TPSA) is 98.1 Å². The highest BCUT2D eigenvalue weighted by Crippen LogP contribution is 2.25. The molecule has 3 aromatic rings. The maximum absolute atomic E-state index is 11.8. The summed E-state index contributed by atoms with van der Waals surface area (Å²) in [4.78, 5) is 16.1. The average molecular weight is 324 g/mol. The molecular weight excluding hydrogens is 308 g/mol. The van der Waals surface area contributed by atoms with Crippen molar-refractivity contribution in [2.75, 3.05) is 7.11 Å². The number of fused-ring (bicyclic) bond motifs is 1. The second kappa shape index (κ2) is 6.08. The first-order valence-electron chi connectivity index (χ1n) is 7.24. The van der Waals surface area contributed by atoms with Gasteiger partial charge in [0.05, 0.1) is 12.8 Å². The molecule has 6 heteroatoms. The number of rotatable bonds is 3. The van der Waals surface area contributed by atoms with Crippen LogP contribution in [0.5, 0.6) is 11.5 Å². The van der Waals surface area contributed by atoms with Gasteiger partial charge in [-0.05, 0) is 42.8 Å². The van der Waals surface area contributed by atoms with Crippen molar-refractivity contribution in [2.45, 2.75) is 6.92 Å². The first-order chi connectivity index (χ1) is 11.5. The molecule has 0 aliphatic carbocycles. The second-order valence-electron chi connectivity index (χ2n) is 5.29. The largest absolute Gasteiger partial charge is 0.508 e. The maximum Gasteiger partial charge on any atom is 0.254 e. The zero-order valence-corrected chi connectivity index (χ0v) is 13.2. The van der Waals surface area contributed by atoms with Gasteiger partial charge < -0.3 is 20.0 Å². The molecule has 0 bridgehead atoms. The van der Waals surface area contributed by atoms with Crippen LogP contribution in [-0.2, 0) is 0 Å². The fourth-order valence-electron chi connectivity index (χ4n) is 2.37. The van der Waals surface area contributed by atoms with Crippen LogP contribution in [0.15, 0.2) is 51.9 Å². The molecule has 0 aliphatic heterocycles. The average Bonchev–Trinajstić information content (AvgIpc) is 2.57. The second-order valence-corrected chi connectivity index (χ2v) is 5.29. The molecule has 122 valence electrons. The van der Waals surface area contributed by atoms with Crippen molar-refractivity contribution in [2.24, 2.45) is 10.7 Å². The summed E-state index contributed by atoms with van der Waals surface area (Å²) in [5, 5.41) is 10.3. The highest BCUT2D eigenvalue weighted by atomic mass is 16.5. The van der Waals surface area contributed by atoms with E-state index in [9.17, 15) is 9.90 Å². The van der Waals surface area contributed by atoms with Crippen molar-refractivity contribution >= 4 is 22.6 Å². The molecule has 24 heavy (non-hydrogen) atoms. The van der Waals surface area contributed by atoms with E-state index in [0.717, 1.165) is 0 Å². The Hall–Kier alpha value is -3.28. The number of carbonyl (C=O) groups excluding carboxylic acids is 1. The van der Waals surface area contributed by atoms with Crippen LogP contribution in [0.4, 0.5) is 5.69 Å². The van der Waals surface area contributed by atoms with Crippen molar-refractivity contribution in [1.82, 2.24) is 0 Å². The Labute approximate surface area is 137 Å². The molecule has 0 unspecified atom stereocenters. The van der Waals surface area contributed by atoms with Crippen molar-refractivity contribution < 1.29 is 19.1 Å². The minimum Gasteiger partial charge on any atom is -0.508 e. The third-order valence-corrected chi connectivity index (χ3v) is 3.63. The summed E-state index contributed by atoms with van der Waals surface area (Å²) < 4.78 is 11.1. The molecule has 0 radical (unpaired) electrons. The van der Waals surface area contributed by atoms with E-state index in [1.807, 2.05) is 0 Å². The van der Waals surface area contributed by atoms with Crippen molar-refractivity contribution in [3.05, 3.63) is 59.1 Å². The molecule has 0 saturated carbocycles. The summed E-state index contributed by atoms with van der Waals surface area (Å²) in [6.45, 7) is 1.75. The molecule has 2 aromatic carbocycles. The van der Waals surface area contributed by atoms with Crippen LogP contribution in [-0.4, -0.2) is 18.1 Å². The first kappa shape index (κ1) is 15.6. The number of primary amides is 1. The van der Waals surface area contributed by atoms with Crippen LogP contribution >= 0.6 is 0 Å². The summed E-state index contributed by atoms with van der Waals surface area (Å²) in [6.07, 6.45) is 0. The minimum atomic E-state index is -0.641. The number of aromatic hydroxyl groups is 1. The number of hydrogen-bond acceptors (Lipinski definition) is 5. The van der Waals surface area contributed by atoms with Crippen LogP contribution in [0, 0.1) is 6.92 Å².